The van der Waals surface area contributed by atoms with Crippen molar-refractivity contribution < 1.29 is 4.74 Å². The van der Waals surface area contributed by atoms with Crippen LogP contribution >= 0.6 is 0 Å². The highest BCUT2D eigenvalue weighted by atomic mass is 16.5. The highest BCUT2D eigenvalue weighted by Gasteiger charge is 2.02. The van der Waals surface area contributed by atoms with Gasteiger partial charge in [-0.05, 0) is 18.9 Å². The van der Waals surface area contributed by atoms with Crippen LogP contribution in [0.2, 0.25) is 0 Å². The first-order valence-electron chi connectivity index (χ1n) is 5.99. The van der Waals surface area contributed by atoms with Gasteiger partial charge in [0.1, 0.15) is 11.5 Å². The Morgan fingerprint density at radius 1 is 1.38 bits per heavy atom. The Morgan fingerprint density at radius 2 is 2.19 bits per heavy atom. The third-order valence-electron chi connectivity index (χ3n) is 2.53. The zero-order valence-corrected chi connectivity index (χ0v) is 10.2. The summed E-state index contributed by atoms with van der Waals surface area (Å²) in [5.41, 5.74) is 0.774. The van der Waals surface area contributed by atoms with Crippen molar-refractivity contribution in [2.45, 2.75) is 45.4 Å². The summed E-state index contributed by atoms with van der Waals surface area (Å²) in [6.45, 7) is 2.23. The van der Waals surface area contributed by atoms with Gasteiger partial charge in [0, 0.05) is 0 Å². The molecule has 1 aromatic heterocycles. The Labute approximate surface area is 97.1 Å². The summed E-state index contributed by atoms with van der Waals surface area (Å²) in [5.74, 6) is 0.809. The number of unbranched alkanes of at least 4 members (excludes halogenated alkanes) is 5. The first-order chi connectivity index (χ1) is 7.88. The number of nitrogens with zero attached hydrogens (tertiary/aromatic N) is 2. The zero-order valence-electron chi connectivity index (χ0n) is 10.2. The van der Waals surface area contributed by atoms with E-state index in [0.717, 1.165) is 17.9 Å². The third kappa shape index (κ3) is 4.47. The van der Waals surface area contributed by atoms with Gasteiger partial charge in [0.15, 0.2) is 0 Å². The topological polar surface area (TPSA) is 50.8 Å². The van der Waals surface area contributed by atoms with Crippen molar-refractivity contribution in [2.24, 2.45) is 0 Å². The van der Waals surface area contributed by atoms with Crippen molar-refractivity contribution in [3.05, 3.63) is 18.0 Å². The molecule has 1 aromatic rings. The van der Waals surface area contributed by atoms with Gasteiger partial charge in [-0.1, -0.05) is 37.8 Å². The van der Waals surface area contributed by atoms with Gasteiger partial charge in [-0.25, -0.2) is 0 Å². The molecule has 1 N–H and O–H groups in total. The summed E-state index contributed by atoms with van der Waals surface area (Å²) in [6, 6.07) is 0. The first-order valence-corrected chi connectivity index (χ1v) is 5.99. The number of aromatic nitrogens is 3. The summed E-state index contributed by atoms with van der Waals surface area (Å²) in [4.78, 5) is 0. The Morgan fingerprint density at radius 3 is 2.81 bits per heavy atom. The molecule has 0 aromatic carbocycles. The number of hydrogen-bond donors (Lipinski definition) is 1. The third-order valence-corrected chi connectivity index (χ3v) is 2.53. The molecule has 90 valence electrons. The Hall–Kier alpha value is -1.32. The molecule has 4 heteroatoms. The van der Waals surface area contributed by atoms with Crippen LogP contribution in [-0.2, 0) is 4.74 Å². The van der Waals surface area contributed by atoms with Crippen LogP contribution in [0, 0.1) is 0 Å². The lowest BCUT2D eigenvalue weighted by Gasteiger charge is -2.02. The second-order valence-corrected chi connectivity index (χ2v) is 3.83. The van der Waals surface area contributed by atoms with Gasteiger partial charge in [0.05, 0.1) is 13.3 Å². The van der Waals surface area contributed by atoms with Crippen LogP contribution in [-0.4, -0.2) is 22.5 Å². The van der Waals surface area contributed by atoms with Crippen LogP contribution < -0.4 is 0 Å². The number of H-pyrrole nitrogens is 1. The van der Waals surface area contributed by atoms with E-state index in [-0.39, 0.29) is 0 Å². The molecule has 0 aliphatic heterocycles. The van der Waals surface area contributed by atoms with E-state index in [1.54, 1.807) is 13.3 Å². The van der Waals surface area contributed by atoms with E-state index in [1.165, 1.54) is 32.1 Å². The monoisotopic (exact) mass is 223 g/mol. The summed E-state index contributed by atoms with van der Waals surface area (Å²) in [6.07, 6.45) is 11.3. The molecule has 0 bridgehead atoms. The fourth-order valence-electron chi connectivity index (χ4n) is 1.60. The Kier molecular flexibility index (Phi) is 6.30. The molecule has 0 atom stereocenters. The van der Waals surface area contributed by atoms with Crippen LogP contribution in [0.15, 0.2) is 12.3 Å². The quantitative estimate of drug-likeness (QED) is 0.544. The molecular weight excluding hydrogens is 202 g/mol. The molecule has 0 radical (unpaired) electrons. The molecule has 4 nitrogen and oxygen atoms in total. The predicted octanol–water partition coefficient (Wildman–Crippen LogP) is 3.15. The number of nitrogens with one attached hydrogen (secondary N) is 1. The van der Waals surface area contributed by atoms with Crippen LogP contribution in [0.4, 0.5) is 0 Å². The van der Waals surface area contributed by atoms with E-state index >= 15 is 0 Å². The molecule has 0 amide bonds. The second kappa shape index (κ2) is 7.91. The maximum Gasteiger partial charge on any atom is 0.147 e. The Bertz CT molecular complexity index is 293. The van der Waals surface area contributed by atoms with Gasteiger partial charge < -0.3 is 4.74 Å². The molecule has 0 spiro atoms. The van der Waals surface area contributed by atoms with E-state index in [2.05, 4.69) is 28.4 Å². The highest BCUT2D eigenvalue weighted by Crippen LogP contribution is 2.13. The Balaban J connectivity index is 2.26. The van der Waals surface area contributed by atoms with Crippen LogP contribution in [0.1, 0.15) is 51.1 Å². The molecule has 1 heterocycles. The van der Waals surface area contributed by atoms with Crippen LogP contribution in [0.25, 0.3) is 5.76 Å². The summed E-state index contributed by atoms with van der Waals surface area (Å²) in [5, 5.41) is 10.3. The van der Waals surface area contributed by atoms with Gasteiger partial charge in [-0.3, -0.25) is 5.10 Å². The molecule has 0 saturated heterocycles. The van der Waals surface area contributed by atoms with Crippen molar-refractivity contribution in [1.82, 2.24) is 15.4 Å². The molecule has 16 heavy (non-hydrogen) atoms. The number of ether oxygens (including phenoxy) is 1. The molecular formula is C12H21N3O. The molecule has 0 aliphatic rings. The second-order valence-electron chi connectivity index (χ2n) is 3.83. The van der Waals surface area contributed by atoms with Crippen LogP contribution in [0.5, 0.6) is 0 Å². The van der Waals surface area contributed by atoms with Crippen molar-refractivity contribution in [1.29, 1.82) is 0 Å². The number of hydrogen-bond acceptors (Lipinski definition) is 3. The minimum Gasteiger partial charge on any atom is -0.495 e. The molecule has 0 aliphatic carbocycles. The molecule has 0 fully saturated rings. The van der Waals surface area contributed by atoms with Gasteiger partial charge in [0.25, 0.3) is 0 Å². The van der Waals surface area contributed by atoms with E-state index in [4.69, 9.17) is 4.74 Å². The van der Waals surface area contributed by atoms with Crippen molar-refractivity contribution in [3.63, 3.8) is 0 Å². The summed E-state index contributed by atoms with van der Waals surface area (Å²) >= 11 is 0. The lowest BCUT2D eigenvalue weighted by atomic mass is 10.1. The minimum atomic E-state index is 0.774. The first kappa shape index (κ1) is 12.7. The normalized spacial score (nSPS) is 11.8. The van der Waals surface area contributed by atoms with Crippen molar-refractivity contribution >= 4 is 5.76 Å². The molecule has 0 unspecified atom stereocenters. The number of allylic oxidation sites excluding steroid dienone is 1. The van der Waals surface area contributed by atoms with E-state index in [9.17, 15) is 0 Å². The fraction of sp³-hybridized carbons (Fsp3) is 0.667. The van der Waals surface area contributed by atoms with Gasteiger partial charge in [0.2, 0.25) is 0 Å². The number of rotatable bonds is 8. The highest BCUT2D eigenvalue weighted by molar-refractivity contribution is 5.54. The van der Waals surface area contributed by atoms with Crippen molar-refractivity contribution in [2.75, 3.05) is 7.11 Å². The van der Waals surface area contributed by atoms with E-state index in [0.29, 0.717) is 0 Å². The predicted molar refractivity (Wildman–Crippen MR) is 64.7 cm³/mol. The summed E-state index contributed by atoms with van der Waals surface area (Å²) < 4.78 is 5.26. The average Bonchev–Trinajstić information content (AvgIpc) is 2.82. The van der Waals surface area contributed by atoms with Crippen molar-refractivity contribution in [3.8, 4) is 0 Å². The number of methoxy groups -OCH3 is 1. The largest absolute Gasteiger partial charge is 0.495 e. The van der Waals surface area contributed by atoms with E-state index in [1.807, 2.05) is 0 Å². The van der Waals surface area contributed by atoms with Gasteiger partial charge in [-0.15, -0.1) is 5.10 Å². The number of aromatic amines is 1. The zero-order chi connectivity index (χ0) is 11.6. The van der Waals surface area contributed by atoms with E-state index < -0.39 is 0 Å². The standard InChI is InChI=1S/C12H21N3O/c1-3-4-5-6-7-8-9-12(16-2)11-10-13-15-14-11/h9-10H,3-8H2,1-2H3,(H,13,14,15). The fourth-order valence-corrected chi connectivity index (χ4v) is 1.60. The SMILES string of the molecule is CCCCCCCC=C(OC)c1c[nH]nn1. The maximum absolute atomic E-state index is 5.26. The summed E-state index contributed by atoms with van der Waals surface area (Å²) in [7, 11) is 1.66. The van der Waals surface area contributed by atoms with Gasteiger partial charge >= 0.3 is 0 Å². The maximum atomic E-state index is 5.26. The molecule has 0 saturated carbocycles. The minimum absolute atomic E-state index is 0.774. The van der Waals surface area contributed by atoms with Gasteiger partial charge in [-0.2, -0.15) is 0 Å². The molecule has 1 rings (SSSR count). The lowest BCUT2D eigenvalue weighted by molar-refractivity contribution is 0.366. The lowest BCUT2D eigenvalue weighted by Crippen LogP contribution is -1.88. The van der Waals surface area contributed by atoms with Crippen LogP contribution in [0.3, 0.4) is 0 Å². The smallest absolute Gasteiger partial charge is 0.147 e. The average molecular weight is 223 g/mol.